The third-order valence-electron chi connectivity index (χ3n) is 3.23. The minimum absolute atomic E-state index is 0.0642. The first-order valence-electron chi connectivity index (χ1n) is 6.24. The van der Waals surface area contributed by atoms with Crippen LogP contribution < -0.4 is 0 Å². The summed E-state index contributed by atoms with van der Waals surface area (Å²) >= 11 is 1.44. The van der Waals surface area contributed by atoms with Crippen molar-refractivity contribution in [1.29, 1.82) is 0 Å². The summed E-state index contributed by atoms with van der Waals surface area (Å²) in [4.78, 5) is 0.717. The van der Waals surface area contributed by atoms with E-state index in [1.165, 1.54) is 29.5 Å². The van der Waals surface area contributed by atoms with Gasteiger partial charge in [0.05, 0.1) is 6.10 Å². The van der Waals surface area contributed by atoms with Gasteiger partial charge in [0.1, 0.15) is 11.6 Å². The van der Waals surface area contributed by atoms with Gasteiger partial charge in [-0.15, -0.1) is 11.3 Å². The number of hydrogen-bond acceptors (Lipinski definition) is 2. The summed E-state index contributed by atoms with van der Waals surface area (Å²) in [5.41, 5.74) is -0.0718. The first-order chi connectivity index (χ1) is 9.65. The van der Waals surface area contributed by atoms with Crippen LogP contribution in [0.2, 0.25) is 0 Å². The first-order valence-corrected chi connectivity index (χ1v) is 7.06. The van der Waals surface area contributed by atoms with Crippen molar-refractivity contribution in [1.82, 2.24) is 0 Å². The Morgan fingerprint density at radius 1 is 1.00 bits per heavy atom. The van der Waals surface area contributed by atoms with E-state index >= 15 is 0 Å². The van der Waals surface area contributed by atoms with Crippen LogP contribution in [-0.4, -0.2) is 5.11 Å². The molecule has 102 valence electrons. The van der Waals surface area contributed by atoms with E-state index in [4.69, 9.17) is 0 Å². The maximum Gasteiger partial charge on any atom is 0.129 e. The summed E-state index contributed by atoms with van der Waals surface area (Å²) in [5.74, 6) is -1.24. The van der Waals surface area contributed by atoms with Crippen molar-refractivity contribution in [3.05, 3.63) is 70.6 Å². The van der Waals surface area contributed by atoms with Crippen LogP contribution in [0.1, 0.15) is 16.5 Å². The fourth-order valence-electron chi connectivity index (χ4n) is 2.19. The van der Waals surface area contributed by atoms with E-state index in [2.05, 4.69) is 0 Å². The van der Waals surface area contributed by atoms with Gasteiger partial charge in [0, 0.05) is 21.6 Å². The molecule has 0 amide bonds. The van der Waals surface area contributed by atoms with Crippen LogP contribution in [0, 0.1) is 11.6 Å². The summed E-state index contributed by atoms with van der Waals surface area (Å²) in [6.07, 6.45) is -0.968. The molecule has 0 fully saturated rings. The molecule has 0 aliphatic rings. The fraction of sp³-hybridized carbons (Fsp3) is 0.125. The Kier molecular flexibility index (Phi) is 3.51. The lowest BCUT2D eigenvalue weighted by Gasteiger charge is -2.10. The highest BCUT2D eigenvalue weighted by molar-refractivity contribution is 7.19. The number of fused-ring (bicyclic) bond motifs is 1. The predicted octanol–water partition coefficient (Wildman–Crippen LogP) is 4.46. The van der Waals surface area contributed by atoms with E-state index in [0.29, 0.717) is 4.88 Å². The molecule has 0 saturated carbocycles. The number of halogens is 2. The molecular weight excluding hydrogens is 278 g/mol. The van der Waals surface area contributed by atoms with Crippen molar-refractivity contribution >= 4 is 21.4 Å². The molecule has 3 rings (SSSR count). The summed E-state index contributed by atoms with van der Waals surface area (Å²) in [7, 11) is 0. The third kappa shape index (κ3) is 2.44. The number of benzene rings is 2. The Morgan fingerprint density at radius 2 is 1.70 bits per heavy atom. The SMILES string of the molecule is OC(Cc1c(F)cccc1F)c1cc2ccccc2s1. The molecule has 20 heavy (non-hydrogen) atoms. The zero-order valence-corrected chi connectivity index (χ0v) is 11.3. The lowest BCUT2D eigenvalue weighted by atomic mass is 10.1. The Morgan fingerprint density at radius 3 is 2.40 bits per heavy atom. The summed E-state index contributed by atoms with van der Waals surface area (Å²) in [6, 6.07) is 13.3. The maximum atomic E-state index is 13.6. The Balaban J connectivity index is 1.91. The van der Waals surface area contributed by atoms with E-state index in [-0.39, 0.29) is 12.0 Å². The zero-order chi connectivity index (χ0) is 14.1. The Labute approximate surface area is 119 Å². The van der Waals surface area contributed by atoms with Crippen molar-refractivity contribution in [2.75, 3.05) is 0 Å². The molecule has 1 unspecified atom stereocenters. The normalized spacial score (nSPS) is 12.8. The smallest absolute Gasteiger partial charge is 0.129 e. The fourth-order valence-corrected chi connectivity index (χ4v) is 3.24. The van der Waals surface area contributed by atoms with Crippen molar-refractivity contribution in [3.63, 3.8) is 0 Å². The van der Waals surface area contributed by atoms with Crippen LogP contribution >= 0.6 is 11.3 Å². The molecule has 0 aliphatic carbocycles. The number of rotatable bonds is 3. The third-order valence-corrected chi connectivity index (χ3v) is 4.45. The van der Waals surface area contributed by atoms with Gasteiger partial charge in [-0.3, -0.25) is 0 Å². The van der Waals surface area contributed by atoms with Gasteiger partial charge in [0.25, 0.3) is 0 Å². The van der Waals surface area contributed by atoms with Gasteiger partial charge in [0.15, 0.2) is 0 Å². The summed E-state index contributed by atoms with van der Waals surface area (Å²) in [5, 5.41) is 11.2. The van der Waals surface area contributed by atoms with Crippen molar-refractivity contribution < 1.29 is 13.9 Å². The second-order valence-electron chi connectivity index (χ2n) is 4.61. The molecule has 1 nitrogen and oxygen atoms in total. The van der Waals surface area contributed by atoms with Gasteiger partial charge in [0.2, 0.25) is 0 Å². The summed E-state index contributed by atoms with van der Waals surface area (Å²) < 4.78 is 28.2. The zero-order valence-electron chi connectivity index (χ0n) is 10.5. The molecular formula is C16H12F2OS. The average Bonchev–Trinajstić information content (AvgIpc) is 2.87. The number of hydrogen-bond donors (Lipinski definition) is 1. The van der Waals surface area contributed by atoms with E-state index < -0.39 is 17.7 Å². The van der Waals surface area contributed by atoms with Gasteiger partial charge in [-0.25, -0.2) is 8.78 Å². The minimum Gasteiger partial charge on any atom is -0.387 e. The topological polar surface area (TPSA) is 20.2 Å². The number of thiophene rings is 1. The van der Waals surface area contributed by atoms with Crippen molar-refractivity contribution in [3.8, 4) is 0 Å². The largest absolute Gasteiger partial charge is 0.387 e. The summed E-state index contributed by atoms with van der Waals surface area (Å²) in [6.45, 7) is 0. The number of aliphatic hydroxyl groups is 1. The highest BCUT2D eigenvalue weighted by Crippen LogP contribution is 2.32. The molecule has 2 aromatic carbocycles. The van der Waals surface area contributed by atoms with E-state index in [0.717, 1.165) is 10.1 Å². The van der Waals surface area contributed by atoms with Gasteiger partial charge < -0.3 is 5.11 Å². The predicted molar refractivity (Wildman–Crippen MR) is 76.8 cm³/mol. The van der Waals surface area contributed by atoms with Crippen molar-refractivity contribution in [2.45, 2.75) is 12.5 Å². The highest BCUT2D eigenvalue weighted by atomic mass is 32.1. The van der Waals surface area contributed by atoms with Gasteiger partial charge in [-0.05, 0) is 29.7 Å². The Hall–Kier alpha value is -1.78. The second-order valence-corrected chi connectivity index (χ2v) is 5.72. The van der Waals surface area contributed by atoms with Gasteiger partial charge in [-0.1, -0.05) is 24.3 Å². The Bertz CT molecular complexity index is 698. The molecule has 0 bridgehead atoms. The number of aliphatic hydroxyl groups excluding tert-OH is 1. The van der Waals surface area contributed by atoms with Crippen LogP contribution in [-0.2, 0) is 6.42 Å². The molecule has 1 heterocycles. The lowest BCUT2D eigenvalue weighted by Crippen LogP contribution is -2.04. The molecule has 1 aromatic heterocycles. The van der Waals surface area contributed by atoms with Crippen molar-refractivity contribution in [2.24, 2.45) is 0 Å². The molecule has 3 aromatic rings. The standard InChI is InChI=1S/C16H12F2OS/c17-12-5-3-6-13(18)11(12)9-14(19)16-8-10-4-1-2-7-15(10)20-16/h1-8,14,19H,9H2. The molecule has 4 heteroatoms. The van der Waals surface area contributed by atoms with E-state index in [9.17, 15) is 13.9 Å². The van der Waals surface area contributed by atoms with E-state index in [1.54, 1.807) is 0 Å². The van der Waals surface area contributed by atoms with Crippen LogP contribution in [0.4, 0.5) is 8.78 Å². The average molecular weight is 290 g/mol. The molecule has 0 aliphatic heterocycles. The molecule has 0 radical (unpaired) electrons. The van der Waals surface area contributed by atoms with Crippen LogP contribution in [0.3, 0.4) is 0 Å². The monoisotopic (exact) mass is 290 g/mol. The highest BCUT2D eigenvalue weighted by Gasteiger charge is 2.17. The molecule has 0 saturated heterocycles. The molecule has 1 N–H and O–H groups in total. The van der Waals surface area contributed by atoms with Crippen LogP contribution in [0.25, 0.3) is 10.1 Å². The lowest BCUT2D eigenvalue weighted by molar-refractivity contribution is 0.179. The second kappa shape index (κ2) is 5.31. The quantitative estimate of drug-likeness (QED) is 0.755. The van der Waals surface area contributed by atoms with Crippen LogP contribution in [0.15, 0.2) is 48.5 Å². The first kappa shape index (κ1) is 13.2. The molecule has 1 atom stereocenters. The van der Waals surface area contributed by atoms with Gasteiger partial charge in [-0.2, -0.15) is 0 Å². The van der Waals surface area contributed by atoms with Crippen LogP contribution in [0.5, 0.6) is 0 Å². The van der Waals surface area contributed by atoms with E-state index in [1.807, 2.05) is 30.3 Å². The minimum atomic E-state index is -0.904. The van der Waals surface area contributed by atoms with Gasteiger partial charge >= 0.3 is 0 Å². The maximum absolute atomic E-state index is 13.6. The molecule has 0 spiro atoms.